The van der Waals surface area contributed by atoms with Gasteiger partial charge in [-0.3, -0.25) is 25.0 Å². The normalized spacial score (nSPS) is 11.8. The van der Waals surface area contributed by atoms with Gasteiger partial charge in [-0.05, 0) is 56.5 Å². The third kappa shape index (κ3) is 4.89. The second kappa shape index (κ2) is 9.30. The first-order valence-corrected chi connectivity index (χ1v) is 9.76. The summed E-state index contributed by atoms with van der Waals surface area (Å²) in [5, 5.41) is 0. The summed E-state index contributed by atoms with van der Waals surface area (Å²) in [6.45, 7) is 5.84. The summed E-state index contributed by atoms with van der Waals surface area (Å²) >= 11 is 0. The Balaban J connectivity index is 1.45. The Labute approximate surface area is 173 Å². The van der Waals surface area contributed by atoms with Crippen molar-refractivity contribution < 1.29 is 18.7 Å². The molecule has 30 heavy (non-hydrogen) atoms. The van der Waals surface area contributed by atoms with Crippen molar-refractivity contribution in [3.05, 3.63) is 64.1 Å². The van der Waals surface area contributed by atoms with E-state index in [1.165, 1.54) is 4.57 Å². The first kappa shape index (κ1) is 21.2. The lowest BCUT2D eigenvalue weighted by Crippen LogP contribution is -2.47. The van der Waals surface area contributed by atoms with Crippen LogP contribution < -0.4 is 21.3 Å². The number of carbonyl (C=O) groups excluding carboxylic acids is 2. The molecule has 3 rings (SSSR count). The highest BCUT2D eigenvalue weighted by Crippen LogP contribution is 2.21. The molecular weight excluding hydrogens is 386 g/mol. The van der Waals surface area contributed by atoms with Crippen molar-refractivity contribution in [1.82, 2.24) is 15.4 Å². The lowest BCUT2D eigenvalue weighted by molar-refractivity contribution is -0.132. The molecule has 0 aliphatic rings. The molecule has 2 N–H and O–H groups in total. The van der Waals surface area contributed by atoms with Gasteiger partial charge >= 0.3 is 5.76 Å². The SMILES string of the molecule is Cc1cccc(O[C@@H](C)C(=O)NNC(=O)CCCn2c(=O)oc3ccccc32)c1C. The lowest BCUT2D eigenvalue weighted by Gasteiger charge is -2.17. The molecule has 1 heterocycles. The van der Waals surface area contributed by atoms with Crippen LogP contribution in [0.25, 0.3) is 11.1 Å². The molecule has 1 aromatic heterocycles. The molecule has 158 valence electrons. The third-order valence-electron chi connectivity index (χ3n) is 4.91. The van der Waals surface area contributed by atoms with Gasteiger partial charge in [0.15, 0.2) is 11.7 Å². The van der Waals surface area contributed by atoms with Crippen LogP contribution in [0.4, 0.5) is 0 Å². The first-order chi connectivity index (χ1) is 14.4. The summed E-state index contributed by atoms with van der Waals surface area (Å²) in [6, 6.07) is 12.7. The molecular formula is C22H25N3O5. The van der Waals surface area contributed by atoms with Crippen molar-refractivity contribution in [3.63, 3.8) is 0 Å². The van der Waals surface area contributed by atoms with E-state index in [0.717, 1.165) is 11.1 Å². The Bertz CT molecular complexity index is 1120. The van der Waals surface area contributed by atoms with Gasteiger partial charge in [-0.1, -0.05) is 24.3 Å². The number of oxazole rings is 1. The first-order valence-electron chi connectivity index (χ1n) is 9.76. The molecule has 0 saturated carbocycles. The Morgan fingerprint density at radius 1 is 1.10 bits per heavy atom. The number of aromatic nitrogens is 1. The predicted octanol–water partition coefficient (Wildman–Crippen LogP) is 2.61. The topological polar surface area (TPSA) is 103 Å². The van der Waals surface area contributed by atoms with E-state index < -0.39 is 17.8 Å². The van der Waals surface area contributed by atoms with E-state index in [0.29, 0.717) is 29.8 Å². The monoisotopic (exact) mass is 411 g/mol. The average Bonchev–Trinajstić information content (AvgIpc) is 3.04. The number of benzene rings is 2. The number of aryl methyl sites for hydroxylation is 2. The number of nitrogens with one attached hydrogen (secondary N) is 2. The van der Waals surface area contributed by atoms with Crippen LogP contribution in [0.1, 0.15) is 30.9 Å². The summed E-state index contributed by atoms with van der Waals surface area (Å²) in [7, 11) is 0. The highest BCUT2D eigenvalue weighted by atomic mass is 16.5. The zero-order valence-corrected chi connectivity index (χ0v) is 17.2. The Kier molecular flexibility index (Phi) is 6.56. The van der Waals surface area contributed by atoms with Crippen LogP contribution in [-0.2, 0) is 16.1 Å². The van der Waals surface area contributed by atoms with Gasteiger partial charge in [-0.15, -0.1) is 0 Å². The van der Waals surface area contributed by atoms with E-state index in [1.54, 1.807) is 31.2 Å². The van der Waals surface area contributed by atoms with Gasteiger partial charge in [-0.2, -0.15) is 0 Å². The maximum Gasteiger partial charge on any atom is 0.419 e. The zero-order valence-electron chi connectivity index (χ0n) is 17.2. The number of hydrazine groups is 1. The maximum atomic E-state index is 12.2. The summed E-state index contributed by atoms with van der Waals surface area (Å²) in [4.78, 5) is 36.1. The molecule has 0 saturated heterocycles. The number of hydrogen-bond donors (Lipinski definition) is 2. The Morgan fingerprint density at radius 3 is 2.67 bits per heavy atom. The molecule has 8 nitrogen and oxygen atoms in total. The van der Waals surface area contributed by atoms with Gasteiger partial charge in [0.05, 0.1) is 5.52 Å². The number of fused-ring (bicyclic) bond motifs is 1. The van der Waals surface area contributed by atoms with Crippen molar-refractivity contribution in [1.29, 1.82) is 0 Å². The predicted molar refractivity (Wildman–Crippen MR) is 112 cm³/mol. The Morgan fingerprint density at radius 2 is 1.87 bits per heavy atom. The minimum Gasteiger partial charge on any atom is -0.481 e. The number of rotatable bonds is 7. The minimum absolute atomic E-state index is 0.137. The molecule has 2 amide bonds. The van der Waals surface area contributed by atoms with Crippen molar-refractivity contribution >= 4 is 22.9 Å². The largest absolute Gasteiger partial charge is 0.481 e. The molecule has 0 spiro atoms. The summed E-state index contributed by atoms with van der Waals surface area (Å²) in [6.07, 6.45) is -0.223. The smallest absolute Gasteiger partial charge is 0.419 e. The minimum atomic E-state index is -0.776. The molecule has 0 radical (unpaired) electrons. The van der Waals surface area contributed by atoms with Gasteiger partial charge in [0.1, 0.15) is 5.75 Å². The fourth-order valence-corrected chi connectivity index (χ4v) is 3.01. The van der Waals surface area contributed by atoms with Crippen LogP contribution in [0.2, 0.25) is 0 Å². The molecule has 2 aromatic carbocycles. The molecule has 0 fully saturated rings. The molecule has 0 bridgehead atoms. The van der Waals surface area contributed by atoms with Crippen LogP contribution in [-0.4, -0.2) is 22.5 Å². The maximum absolute atomic E-state index is 12.2. The average molecular weight is 411 g/mol. The van der Waals surface area contributed by atoms with E-state index >= 15 is 0 Å². The lowest BCUT2D eigenvalue weighted by atomic mass is 10.1. The van der Waals surface area contributed by atoms with E-state index in [-0.39, 0.29) is 12.3 Å². The van der Waals surface area contributed by atoms with Crippen molar-refractivity contribution in [2.24, 2.45) is 0 Å². The van der Waals surface area contributed by atoms with Gasteiger partial charge in [0, 0.05) is 13.0 Å². The second-order valence-corrected chi connectivity index (χ2v) is 7.09. The highest BCUT2D eigenvalue weighted by molar-refractivity contribution is 5.84. The van der Waals surface area contributed by atoms with Crippen molar-refractivity contribution in [2.75, 3.05) is 0 Å². The van der Waals surface area contributed by atoms with Gasteiger partial charge in [0.25, 0.3) is 5.91 Å². The van der Waals surface area contributed by atoms with Crippen LogP contribution in [0.5, 0.6) is 5.75 Å². The molecule has 0 unspecified atom stereocenters. The summed E-state index contributed by atoms with van der Waals surface area (Å²) < 4.78 is 12.3. The fraction of sp³-hybridized carbons (Fsp3) is 0.318. The second-order valence-electron chi connectivity index (χ2n) is 7.09. The number of nitrogens with zero attached hydrogens (tertiary/aromatic N) is 1. The van der Waals surface area contributed by atoms with E-state index in [9.17, 15) is 14.4 Å². The van der Waals surface area contributed by atoms with Crippen LogP contribution in [0, 0.1) is 13.8 Å². The van der Waals surface area contributed by atoms with Gasteiger partial charge < -0.3 is 9.15 Å². The zero-order chi connectivity index (χ0) is 21.7. The van der Waals surface area contributed by atoms with Crippen LogP contribution >= 0.6 is 0 Å². The molecule has 0 aliphatic heterocycles. The molecule has 0 aliphatic carbocycles. The van der Waals surface area contributed by atoms with Crippen molar-refractivity contribution in [3.8, 4) is 5.75 Å². The standard InChI is InChI=1S/C22H25N3O5/c1-14-8-6-11-18(15(14)2)29-16(3)21(27)24-23-20(26)12-7-13-25-17-9-4-5-10-19(17)30-22(25)28/h4-6,8-11,16H,7,12-13H2,1-3H3,(H,23,26)(H,24,27)/t16-/m0/s1. The molecule has 3 aromatic rings. The van der Waals surface area contributed by atoms with Crippen molar-refractivity contribution in [2.45, 2.75) is 46.3 Å². The Hall–Kier alpha value is -3.55. The number of ether oxygens (including phenoxy) is 1. The molecule has 1 atom stereocenters. The summed E-state index contributed by atoms with van der Waals surface area (Å²) in [5.74, 6) is -0.645. The van der Waals surface area contributed by atoms with E-state index in [2.05, 4.69) is 10.9 Å². The highest BCUT2D eigenvalue weighted by Gasteiger charge is 2.17. The number of para-hydroxylation sites is 2. The number of hydrogen-bond acceptors (Lipinski definition) is 5. The van der Waals surface area contributed by atoms with Crippen LogP contribution in [0.3, 0.4) is 0 Å². The summed E-state index contributed by atoms with van der Waals surface area (Å²) in [5.41, 5.74) is 7.98. The quantitative estimate of drug-likeness (QED) is 0.582. The van der Waals surface area contributed by atoms with E-state index in [1.807, 2.05) is 32.0 Å². The third-order valence-corrected chi connectivity index (χ3v) is 4.91. The van der Waals surface area contributed by atoms with Crippen LogP contribution in [0.15, 0.2) is 51.7 Å². The number of amides is 2. The number of carbonyl (C=O) groups is 2. The van der Waals surface area contributed by atoms with Gasteiger partial charge in [0.2, 0.25) is 5.91 Å². The van der Waals surface area contributed by atoms with Gasteiger partial charge in [-0.25, -0.2) is 4.79 Å². The molecule has 8 heteroatoms. The van der Waals surface area contributed by atoms with E-state index in [4.69, 9.17) is 9.15 Å². The fourth-order valence-electron chi connectivity index (χ4n) is 3.01.